The Balaban J connectivity index is 1.43. The minimum atomic E-state index is 0.862. The van der Waals surface area contributed by atoms with Crippen LogP contribution in [0.25, 0.3) is 0 Å². The van der Waals surface area contributed by atoms with E-state index in [9.17, 15) is 0 Å². The maximum absolute atomic E-state index is 3.97. The first-order valence-electron chi connectivity index (χ1n) is 4.99. The summed E-state index contributed by atoms with van der Waals surface area (Å²) in [4.78, 5) is 0. The summed E-state index contributed by atoms with van der Waals surface area (Å²) in [5.41, 5.74) is 1.06. The van der Waals surface area contributed by atoms with Crippen molar-refractivity contribution in [1.29, 1.82) is 0 Å². The molecule has 1 heterocycles. The van der Waals surface area contributed by atoms with Gasteiger partial charge in [-0.25, -0.2) is 0 Å². The molecule has 3 nitrogen and oxygen atoms in total. The van der Waals surface area contributed by atoms with Crippen LogP contribution in [0.1, 0.15) is 18.5 Å². The Kier molecular flexibility index (Phi) is 4.21. The zero-order valence-corrected chi connectivity index (χ0v) is 9.74. The lowest BCUT2D eigenvalue weighted by atomic mass is 10.5. The predicted octanol–water partition coefficient (Wildman–Crippen LogP) is 1.77. The Morgan fingerprint density at radius 1 is 1.57 bits per heavy atom. The minimum Gasteiger partial charge on any atom is -0.310 e. The topological polar surface area (TPSA) is 37.8 Å². The Bertz CT molecular complexity index is 247. The van der Waals surface area contributed by atoms with E-state index in [1.165, 1.54) is 35.9 Å². The second-order valence-electron chi connectivity index (χ2n) is 3.59. The van der Waals surface area contributed by atoms with E-state index in [-0.39, 0.29) is 0 Å². The van der Waals surface area contributed by atoms with E-state index in [1.807, 2.05) is 5.38 Å². The summed E-state index contributed by atoms with van der Waals surface area (Å²) in [7, 11) is 0. The fourth-order valence-corrected chi connectivity index (χ4v) is 2.73. The molecule has 0 radical (unpaired) electrons. The SMILES string of the molecule is c1snnc1CNCCSCC1CC1. The summed E-state index contributed by atoms with van der Waals surface area (Å²) in [6.45, 7) is 1.94. The van der Waals surface area contributed by atoms with Crippen LogP contribution in [0.3, 0.4) is 0 Å². The van der Waals surface area contributed by atoms with Crippen LogP contribution < -0.4 is 5.32 Å². The van der Waals surface area contributed by atoms with Gasteiger partial charge in [0.2, 0.25) is 0 Å². The molecule has 0 unspecified atom stereocenters. The molecule has 5 heteroatoms. The Labute approximate surface area is 92.8 Å². The number of aromatic nitrogens is 2. The molecule has 0 bridgehead atoms. The third-order valence-corrected chi connectivity index (χ3v) is 3.94. The van der Waals surface area contributed by atoms with Crippen molar-refractivity contribution in [2.75, 3.05) is 18.1 Å². The van der Waals surface area contributed by atoms with Gasteiger partial charge in [-0.1, -0.05) is 4.49 Å². The van der Waals surface area contributed by atoms with E-state index < -0.39 is 0 Å². The predicted molar refractivity (Wildman–Crippen MR) is 61.7 cm³/mol. The maximum Gasteiger partial charge on any atom is 0.0893 e. The Hall–Kier alpha value is -0.130. The second-order valence-corrected chi connectivity index (χ2v) is 5.35. The smallest absolute Gasteiger partial charge is 0.0893 e. The first-order valence-corrected chi connectivity index (χ1v) is 6.98. The number of nitrogens with zero attached hydrogens (tertiary/aromatic N) is 2. The summed E-state index contributed by atoms with van der Waals surface area (Å²) in [5.74, 6) is 3.62. The fourth-order valence-electron chi connectivity index (χ4n) is 1.16. The first-order chi connectivity index (χ1) is 6.95. The van der Waals surface area contributed by atoms with Crippen molar-refractivity contribution in [2.45, 2.75) is 19.4 Å². The molecule has 1 saturated carbocycles. The van der Waals surface area contributed by atoms with Crippen LogP contribution in [0.4, 0.5) is 0 Å². The number of hydrogen-bond acceptors (Lipinski definition) is 5. The fraction of sp³-hybridized carbons (Fsp3) is 0.778. The molecule has 0 spiro atoms. The molecule has 1 fully saturated rings. The van der Waals surface area contributed by atoms with Gasteiger partial charge in [0.05, 0.1) is 5.69 Å². The van der Waals surface area contributed by atoms with Crippen LogP contribution in [0, 0.1) is 5.92 Å². The molecule has 0 atom stereocenters. The van der Waals surface area contributed by atoms with Gasteiger partial charge in [0, 0.05) is 24.2 Å². The second kappa shape index (κ2) is 5.68. The molecule has 1 aromatic heterocycles. The van der Waals surface area contributed by atoms with Gasteiger partial charge in [-0.15, -0.1) is 5.10 Å². The van der Waals surface area contributed by atoms with Crippen molar-refractivity contribution >= 4 is 23.3 Å². The molecule has 0 amide bonds. The van der Waals surface area contributed by atoms with Crippen LogP contribution in [-0.2, 0) is 6.54 Å². The summed E-state index contributed by atoms with van der Waals surface area (Å²) >= 11 is 3.48. The normalized spacial score (nSPS) is 16.0. The molecule has 1 aliphatic rings. The van der Waals surface area contributed by atoms with Crippen LogP contribution in [0.15, 0.2) is 5.38 Å². The van der Waals surface area contributed by atoms with Crippen molar-refractivity contribution in [2.24, 2.45) is 5.92 Å². The number of hydrogen-bond donors (Lipinski definition) is 1. The van der Waals surface area contributed by atoms with E-state index in [0.717, 1.165) is 24.7 Å². The zero-order valence-electron chi connectivity index (χ0n) is 8.11. The van der Waals surface area contributed by atoms with Crippen molar-refractivity contribution in [3.63, 3.8) is 0 Å². The highest BCUT2D eigenvalue weighted by Crippen LogP contribution is 2.32. The molecule has 1 aliphatic carbocycles. The van der Waals surface area contributed by atoms with Gasteiger partial charge in [-0.05, 0) is 36.0 Å². The summed E-state index contributed by atoms with van der Waals surface area (Å²) in [5, 5.41) is 9.33. The largest absolute Gasteiger partial charge is 0.310 e. The lowest BCUT2D eigenvalue weighted by molar-refractivity contribution is 0.712. The molecule has 0 aromatic carbocycles. The van der Waals surface area contributed by atoms with Crippen LogP contribution >= 0.6 is 23.3 Å². The maximum atomic E-state index is 3.97. The van der Waals surface area contributed by atoms with Gasteiger partial charge in [0.1, 0.15) is 0 Å². The number of rotatable bonds is 7. The molecule has 78 valence electrons. The van der Waals surface area contributed by atoms with Crippen LogP contribution in [0.2, 0.25) is 0 Å². The average molecular weight is 229 g/mol. The Morgan fingerprint density at radius 3 is 3.21 bits per heavy atom. The highest BCUT2D eigenvalue weighted by molar-refractivity contribution is 7.99. The Morgan fingerprint density at radius 2 is 2.50 bits per heavy atom. The van der Waals surface area contributed by atoms with Gasteiger partial charge in [0.25, 0.3) is 0 Å². The molecular formula is C9H15N3S2. The molecular weight excluding hydrogens is 214 g/mol. The molecule has 0 aliphatic heterocycles. The molecule has 1 aromatic rings. The minimum absolute atomic E-state index is 0.862. The molecule has 0 saturated heterocycles. The van der Waals surface area contributed by atoms with Crippen LogP contribution in [0.5, 0.6) is 0 Å². The zero-order chi connectivity index (χ0) is 9.64. The van der Waals surface area contributed by atoms with E-state index >= 15 is 0 Å². The van der Waals surface area contributed by atoms with E-state index in [1.54, 1.807) is 0 Å². The molecule has 1 N–H and O–H groups in total. The average Bonchev–Trinajstić information content (AvgIpc) is 2.87. The van der Waals surface area contributed by atoms with E-state index in [2.05, 4.69) is 26.7 Å². The lowest BCUT2D eigenvalue weighted by Gasteiger charge is -2.01. The standard InChI is InChI=1S/C9H15N3S2/c1-2-8(1)6-13-4-3-10-5-9-7-14-12-11-9/h7-8,10H,1-6H2. The lowest BCUT2D eigenvalue weighted by Crippen LogP contribution is -2.17. The van der Waals surface area contributed by atoms with Gasteiger partial charge >= 0.3 is 0 Å². The van der Waals surface area contributed by atoms with Crippen molar-refractivity contribution in [1.82, 2.24) is 14.9 Å². The first kappa shape index (κ1) is 10.4. The van der Waals surface area contributed by atoms with Crippen molar-refractivity contribution in [3.8, 4) is 0 Å². The third kappa shape index (κ3) is 3.94. The van der Waals surface area contributed by atoms with Gasteiger partial charge < -0.3 is 5.32 Å². The van der Waals surface area contributed by atoms with E-state index in [4.69, 9.17) is 0 Å². The summed E-state index contributed by atoms with van der Waals surface area (Å²) in [6, 6.07) is 0. The summed E-state index contributed by atoms with van der Waals surface area (Å²) in [6.07, 6.45) is 2.93. The monoisotopic (exact) mass is 229 g/mol. The quantitative estimate of drug-likeness (QED) is 0.723. The summed E-state index contributed by atoms with van der Waals surface area (Å²) < 4.78 is 3.82. The van der Waals surface area contributed by atoms with Gasteiger partial charge in [-0.2, -0.15) is 11.8 Å². The van der Waals surface area contributed by atoms with Gasteiger partial charge in [0.15, 0.2) is 0 Å². The van der Waals surface area contributed by atoms with Crippen molar-refractivity contribution in [3.05, 3.63) is 11.1 Å². The molecule has 2 rings (SSSR count). The van der Waals surface area contributed by atoms with Crippen molar-refractivity contribution < 1.29 is 0 Å². The highest BCUT2D eigenvalue weighted by Gasteiger charge is 2.20. The van der Waals surface area contributed by atoms with Gasteiger partial charge in [-0.3, -0.25) is 0 Å². The third-order valence-electron chi connectivity index (χ3n) is 2.18. The number of thioether (sulfide) groups is 1. The van der Waals surface area contributed by atoms with E-state index in [0.29, 0.717) is 0 Å². The van der Waals surface area contributed by atoms with Crippen LogP contribution in [-0.4, -0.2) is 27.6 Å². The molecule has 14 heavy (non-hydrogen) atoms. The number of nitrogens with one attached hydrogen (secondary N) is 1. The highest BCUT2D eigenvalue weighted by atomic mass is 32.2.